The lowest BCUT2D eigenvalue weighted by Crippen LogP contribution is -2.43. The lowest BCUT2D eigenvalue weighted by Gasteiger charge is -2.29. The van der Waals surface area contributed by atoms with Gasteiger partial charge in [0.15, 0.2) is 5.78 Å². The zero-order chi connectivity index (χ0) is 27.4. The maximum atomic E-state index is 15.0. The monoisotopic (exact) mass is 550 g/mol. The van der Waals surface area contributed by atoms with Crippen molar-refractivity contribution in [2.75, 3.05) is 30.8 Å². The maximum absolute atomic E-state index is 15.0. The molecule has 0 radical (unpaired) electrons. The van der Waals surface area contributed by atoms with E-state index in [0.717, 1.165) is 67.6 Å². The van der Waals surface area contributed by atoms with Crippen LogP contribution in [0.2, 0.25) is 0 Å². The Labute approximate surface area is 232 Å². The molecule has 1 aliphatic carbocycles. The van der Waals surface area contributed by atoms with E-state index in [-0.39, 0.29) is 29.3 Å². The minimum atomic E-state index is -0.591. The van der Waals surface area contributed by atoms with E-state index in [1.165, 1.54) is 18.2 Å². The van der Waals surface area contributed by atoms with Crippen molar-refractivity contribution in [1.82, 2.24) is 20.2 Å². The molecule has 3 N–H and O–H groups in total. The summed E-state index contributed by atoms with van der Waals surface area (Å²) >= 11 is 1.57. The number of nitrogens with one attached hydrogen (secondary N) is 3. The Morgan fingerprint density at radius 2 is 1.87 bits per heavy atom. The molecule has 2 fully saturated rings. The van der Waals surface area contributed by atoms with Crippen molar-refractivity contribution in [3.05, 3.63) is 53.7 Å². The van der Waals surface area contributed by atoms with Gasteiger partial charge in [0.05, 0.1) is 15.8 Å². The van der Waals surface area contributed by atoms with Crippen LogP contribution in [0.25, 0.3) is 10.2 Å². The molecule has 1 aromatic carbocycles. The van der Waals surface area contributed by atoms with Crippen molar-refractivity contribution in [3.63, 3.8) is 0 Å². The highest BCUT2D eigenvalue weighted by Crippen LogP contribution is 2.33. The number of hydrogen-bond acceptors (Lipinski definition) is 8. The number of piperidine rings is 1. The molecule has 0 unspecified atom stereocenters. The molecular weight excluding hydrogens is 515 g/mol. The summed E-state index contributed by atoms with van der Waals surface area (Å²) in [6.07, 6.45) is 7.59. The molecule has 10 heteroatoms. The Morgan fingerprint density at radius 1 is 1.10 bits per heavy atom. The van der Waals surface area contributed by atoms with Gasteiger partial charge < -0.3 is 20.9 Å². The topological polar surface area (TPSA) is 99.2 Å². The van der Waals surface area contributed by atoms with E-state index in [2.05, 4.69) is 39.5 Å². The quantitative estimate of drug-likeness (QED) is 0.302. The van der Waals surface area contributed by atoms with Gasteiger partial charge in [-0.25, -0.2) is 9.37 Å². The lowest BCUT2D eigenvalue weighted by atomic mass is 9.83. The highest BCUT2D eigenvalue weighted by atomic mass is 32.1. The summed E-state index contributed by atoms with van der Waals surface area (Å²) in [6.45, 7) is 5.41. The molecule has 2 aliphatic rings. The number of fused-ring (bicyclic) bond motifs is 1. The number of ketones is 1. The highest BCUT2D eigenvalue weighted by Gasteiger charge is 2.24. The van der Waals surface area contributed by atoms with Gasteiger partial charge in [-0.2, -0.15) is 4.98 Å². The van der Waals surface area contributed by atoms with Crippen LogP contribution >= 0.6 is 11.3 Å². The van der Waals surface area contributed by atoms with Crippen molar-refractivity contribution in [2.24, 2.45) is 5.92 Å². The second-order valence-corrected chi connectivity index (χ2v) is 11.6. The molecule has 39 heavy (non-hydrogen) atoms. The summed E-state index contributed by atoms with van der Waals surface area (Å²) in [7, 11) is 2.06. The van der Waals surface area contributed by atoms with E-state index in [9.17, 15) is 14.0 Å². The number of carbonyl (C=O) groups is 2. The number of carbonyl (C=O) groups excluding carboxylic acids is 2. The summed E-state index contributed by atoms with van der Waals surface area (Å²) in [4.78, 5) is 35.9. The number of amides is 1. The molecule has 2 aromatic heterocycles. The third-order valence-corrected chi connectivity index (χ3v) is 8.64. The molecule has 1 amide bonds. The fraction of sp³-hybridized carbons (Fsp3) is 0.448. The van der Waals surface area contributed by atoms with Crippen LogP contribution in [0.3, 0.4) is 0 Å². The van der Waals surface area contributed by atoms with Crippen LogP contribution in [-0.2, 0) is 4.79 Å². The van der Waals surface area contributed by atoms with Crippen LogP contribution in [0.5, 0.6) is 0 Å². The third kappa shape index (κ3) is 6.80. The van der Waals surface area contributed by atoms with Gasteiger partial charge in [-0.1, -0.05) is 6.58 Å². The van der Waals surface area contributed by atoms with Gasteiger partial charge in [-0.3, -0.25) is 9.59 Å². The van der Waals surface area contributed by atoms with Gasteiger partial charge >= 0.3 is 0 Å². The summed E-state index contributed by atoms with van der Waals surface area (Å²) in [5.41, 5.74) is 1.30. The summed E-state index contributed by atoms with van der Waals surface area (Å²) in [6, 6.07) is 6.74. The Balaban J connectivity index is 1.24. The van der Waals surface area contributed by atoms with Crippen LogP contribution in [0.4, 0.5) is 21.8 Å². The van der Waals surface area contributed by atoms with E-state index < -0.39 is 5.82 Å². The van der Waals surface area contributed by atoms with E-state index in [0.29, 0.717) is 24.0 Å². The number of thiophene rings is 1. The molecule has 8 nitrogen and oxygen atoms in total. The van der Waals surface area contributed by atoms with Crippen molar-refractivity contribution in [1.29, 1.82) is 0 Å². The summed E-state index contributed by atoms with van der Waals surface area (Å²) < 4.78 is 15.9. The lowest BCUT2D eigenvalue weighted by molar-refractivity contribution is -0.115. The molecule has 3 aromatic rings. The Morgan fingerprint density at radius 3 is 2.59 bits per heavy atom. The van der Waals surface area contributed by atoms with Crippen molar-refractivity contribution < 1.29 is 14.0 Å². The van der Waals surface area contributed by atoms with Crippen LogP contribution in [0, 0.1) is 11.7 Å². The van der Waals surface area contributed by atoms with Gasteiger partial charge in [0.2, 0.25) is 5.95 Å². The number of halogens is 1. The predicted octanol–water partition coefficient (Wildman–Crippen LogP) is 5.51. The molecule has 5 rings (SSSR count). The van der Waals surface area contributed by atoms with Crippen molar-refractivity contribution >= 4 is 50.7 Å². The Kier molecular flexibility index (Phi) is 8.52. The normalized spacial score (nSPS) is 20.5. The molecule has 1 saturated carbocycles. The van der Waals surface area contributed by atoms with Crippen LogP contribution < -0.4 is 16.0 Å². The minimum absolute atomic E-state index is 0.0291. The van der Waals surface area contributed by atoms with Gasteiger partial charge in [0, 0.05) is 24.2 Å². The Hall–Kier alpha value is -3.37. The van der Waals surface area contributed by atoms with E-state index in [1.807, 2.05) is 11.4 Å². The molecule has 0 spiro atoms. The first-order valence-corrected chi connectivity index (χ1v) is 14.5. The van der Waals surface area contributed by atoms with Crippen LogP contribution in [0.1, 0.15) is 55.3 Å². The standard InChI is InChI=1S/C29H35FN6O2S/c1-3-22(37)16-18-4-6-19(7-5-18)31-27-26-25(12-15-39-26)34-29(35-27)33-21-8-9-23(24(30)17-21)28(38)32-20-10-13-36(2)14-11-20/h3,8-9,12,15,17-20H,1,4-7,10-11,13-14,16H2,2H3,(H,32,38)(H2,31,33,34,35). The molecule has 0 atom stereocenters. The average Bonchev–Trinajstić information content (AvgIpc) is 3.40. The van der Waals surface area contributed by atoms with E-state index in [1.54, 1.807) is 17.4 Å². The number of likely N-dealkylation sites (tertiary alicyclic amines) is 1. The van der Waals surface area contributed by atoms with Crippen LogP contribution in [0.15, 0.2) is 42.3 Å². The predicted molar refractivity (Wildman–Crippen MR) is 154 cm³/mol. The molecule has 3 heterocycles. The zero-order valence-corrected chi connectivity index (χ0v) is 23.0. The second kappa shape index (κ2) is 12.2. The Bertz CT molecular complexity index is 1340. The van der Waals surface area contributed by atoms with Crippen molar-refractivity contribution in [2.45, 2.75) is 57.0 Å². The first kappa shape index (κ1) is 27.2. The zero-order valence-electron chi connectivity index (χ0n) is 22.2. The molecule has 1 aliphatic heterocycles. The number of allylic oxidation sites excluding steroid dienone is 1. The number of anilines is 3. The van der Waals surface area contributed by atoms with Crippen LogP contribution in [-0.4, -0.2) is 58.8 Å². The molecular formula is C29H35FN6O2S. The van der Waals surface area contributed by atoms with Crippen molar-refractivity contribution in [3.8, 4) is 0 Å². The SMILES string of the molecule is C=CC(=O)CC1CCC(Nc2nc(Nc3ccc(C(=O)NC4CCN(C)CC4)c(F)c3)nc3ccsc23)CC1. The van der Waals surface area contributed by atoms with Gasteiger partial charge in [-0.15, -0.1) is 11.3 Å². The number of aromatic nitrogens is 2. The van der Waals surface area contributed by atoms with E-state index >= 15 is 0 Å². The molecule has 206 valence electrons. The van der Waals surface area contributed by atoms with Gasteiger partial charge in [0.25, 0.3) is 5.91 Å². The maximum Gasteiger partial charge on any atom is 0.254 e. The summed E-state index contributed by atoms with van der Waals surface area (Å²) in [5, 5.41) is 11.6. The van der Waals surface area contributed by atoms with Gasteiger partial charge in [-0.05, 0) is 100 Å². The number of nitrogens with zero attached hydrogens (tertiary/aromatic N) is 3. The smallest absolute Gasteiger partial charge is 0.254 e. The summed E-state index contributed by atoms with van der Waals surface area (Å²) in [5.74, 6) is 0.642. The van der Waals surface area contributed by atoms with E-state index in [4.69, 9.17) is 4.98 Å². The first-order chi connectivity index (χ1) is 18.9. The highest BCUT2D eigenvalue weighted by molar-refractivity contribution is 7.17. The number of rotatable bonds is 9. The first-order valence-electron chi connectivity index (χ1n) is 13.6. The third-order valence-electron chi connectivity index (χ3n) is 7.73. The molecule has 0 bridgehead atoms. The largest absolute Gasteiger partial charge is 0.366 e. The molecule has 1 saturated heterocycles. The average molecular weight is 551 g/mol. The second-order valence-electron chi connectivity index (χ2n) is 10.6. The van der Waals surface area contributed by atoms with Gasteiger partial charge in [0.1, 0.15) is 11.6 Å². The fourth-order valence-corrected chi connectivity index (χ4v) is 6.20. The minimum Gasteiger partial charge on any atom is -0.366 e. The fourth-order valence-electron chi connectivity index (χ4n) is 5.41. The number of benzene rings is 1. The number of hydrogen-bond donors (Lipinski definition) is 3.